The van der Waals surface area contributed by atoms with Crippen LogP contribution in [-0.2, 0) is 46.4 Å². The average molecular weight is 652 g/mol. The second-order valence-electron chi connectivity index (χ2n) is 12.1. The number of amides is 4. The molecule has 2 aliphatic rings. The number of hydrogen-bond acceptors (Lipinski definition) is 8. The maximum atomic E-state index is 12.1. The minimum Gasteiger partial charge on any atom is -0.481 e. The van der Waals surface area contributed by atoms with Crippen LogP contribution in [0.15, 0.2) is 48.5 Å². The van der Waals surface area contributed by atoms with Crippen molar-refractivity contribution in [2.75, 3.05) is 0 Å². The summed E-state index contributed by atoms with van der Waals surface area (Å²) in [6.07, 6.45) is 8.29. The summed E-state index contributed by atoms with van der Waals surface area (Å²) in [4.78, 5) is 71.2. The van der Waals surface area contributed by atoms with Crippen molar-refractivity contribution in [3.63, 3.8) is 0 Å². The lowest BCUT2D eigenvalue weighted by Gasteiger charge is -2.16. The van der Waals surface area contributed by atoms with Crippen LogP contribution in [0.1, 0.15) is 103 Å². The van der Waals surface area contributed by atoms with Crippen LogP contribution in [0, 0.1) is 24.7 Å². The Morgan fingerprint density at radius 2 is 1.06 bits per heavy atom. The molecule has 2 aliphatic heterocycles. The van der Waals surface area contributed by atoms with Crippen LogP contribution in [0.3, 0.4) is 0 Å². The number of hydrogen-bond donors (Lipinski definition) is 2. The van der Waals surface area contributed by atoms with Gasteiger partial charge in [0.25, 0.3) is 23.6 Å². The zero-order valence-electron chi connectivity index (χ0n) is 28.9. The van der Waals surface area contributed by atoms with E-state index in [0.717, 1.165) is 24.0 Å². The molecule has 0 bridgehead atoms. The Morgan fingerprint density at radius 3 is 1.36 bits per heavy atom. The van der Waals surface area contributed by atoms with Gasteiger partial charge in [-0.2, -0.15) is 5.06 Å². The first-order chi connectivity index (χ1) is 22.5. The largest absolute Gasteiger partial charge is 0.481 e. The molecule has 2 aromatic carbocycles. The highest BCUT2D eigenvalue weighted by atomic mass is 16.7. The van der Waals surface area contributed by atoms with E-state index in [0.29, 0.717) is 16.9 Å². The zero-order chi connectivity index (χ0) is 36.6. The van der Waals surface area contributed by atoms with Crippen molar-refractivity contribution >= 4 is 35.6 Å². The summed E-state index contributed by atoms with van der Waals surface area (Å²) >= 11 is 0. The van der Waals surface area contributed by atoms with Crippen molar-refractivity contribution < 1.29 is 45.3 Å². The number of carboxylic acids is 1. The molecule has 11 heteroatoms. The SMILES string of the molecule is CC(C)Cc1ccc(C(C)C(=O)O)cc1.CC(C)Cc1ccc(C(C)C(=O)ON2C(=O)CCC2=O)cc1.O=C1CCC(=O)N1O.[2H]C#C. The smallest absolute Gasteiger partial charge is 0.340 e. The van der Waals surface area contributed by atoms with Crippen LogP contribution in [0.4, 0.5) is 0 Å². The number of terminal acetylenes is 1. The molecule has 2 heterocycles. The summed E-state index contributed by atoms with van der Waals surface area (Å²) < 4.78 is 5.74. The van der Waals surface area contributed by atoms with Crippen LogP contribution < -0.4 is 0 Å². The molecular formula is C36H46N2O9. The maximum Gasteiger partial charge on any atom is 0.340 e. The lowest BCUT2D eigenvalue weighted by atomic mass is 9.97. The van der Waals surface area contributed by atoms with Gasteiger partial charge in [-0.25, -0.2) is 4.79 Å². The highest BCUT2D eigenvalue weighted by Crippen LogP contribution is 2.22. The summed E-state index contributed by atoms with van der Waals surface area (Å²) in [6, 6.07) is 15.6. The van der Waals surface area contributed by atoms with E-state index in [9.17, 15) is 28.8 Å². The Bertz CT molecular complexity index is 1420. The number of nitrogens with zero attached hydrogens (tertiary/aromatic N) is 2. The van der Waals surface area contributed by atoms with E-state index in [1.165, 1.54) is 17.5 Å². The first kappa shape index (κ1) is 38.4. The third-order valence-electron chi connectivity index (χ3n) is 7.18. The van der Waals surface area contributed by atoms with Crippen molar-refractivity contribution in [1.29, 1.82) is 0 Å². The molecular weight excluding hydrogens is 604 g/mol. The summed E-state index contributed by atoms with van der Waals surface area (Å²) in [5.74, 6) is -3.05. The standard InChI is InChI=1S/C17H21NO4.C13H18O2.C4H5NO3.C2H2/c1-11(2)10-13-4-6-14(7-5-13)12(3)17(21)22-18-15(19)8-9-16(18)20;1-9(2)8-11-4-6-12(7-5-11)10(3)13(14)15;6-3-1-2-4(7)5(3)8;1-2/h4-7,11-12H,8-10H2,1-3H3;4-7,9-10H,8H2,1-3H3,(H,14,15);8H,1-2H2;1-2H/i;;;1D. The lowest BCUT2D eigenvalue weighted by molar-refractivity contribution is -0.198. The second kappa shape index (κ2) is 19.6. The Kier molecular flexibility index (Phi) is 16.0. The van der Waals surface area contributed by atoms with E-state index in [-0.39, 0.29) is 30.7 Å². The van der Waals surface area contributed by atoms with Gasteiger partial charge in [0.05, 0.1) is 11.8 Å². The van der Waals surface area contributed by atoms with Gasteiger partial charge in [0.2, 0.25) is 0 Å². The Balaban J connectivity index is 0.000000380. The predicted molar refractivity (Wildman–Crippen MR) is 174 cm³/mol. The molecule has 2 aromatic rings. The topological polar surface area (TPSA) is 159 Å². The molecule has 0 aromatic heterocycles. The number of aliphatic carboxylic acids is 1. The molecule has 2 saturated heterocycles. The molecule has 2 fully saturated rings. The molecule has 0 radical (unpaired) electrons. The van der Waals surface area contributed by atoms with Gasteiger partial charge in [-0.3, -0.25) is 29.2 Å². The minimum atomic E-state index is -0.772. The third-order valence-corrected chi connectivity index (χ3v) is 7.18. The van der Waals surface area contributed by atoms with Crippen molar-refractivity contribution in [2.24, 2.45) is 11.8 Å². The number of imide groups is 2. The van der Waals surface area contributed by atoms with Gasteiger partial charge < -0.3 is 9.94 Å². The van der Waals surface area contributed by atoms with Gasteiger partial charge in [0, 0.05) is 25.7 Å². The normalized spacial score (nSPS) is 15.4. The fourth-order valence-corrected chi connectivity index (χ4v) is 4.50. The van der Waals surface area contributed by atoms with E-state index in [1.54, 1.807) is 13.8 Å². The summed E-state index contributed by atoms with van der Waals surface area (Å²) in [7, 11) is 0. The molecule has 47 heavy (non-hydrogen) atoms. The Hall–Kier alpha value is -4.82. The Labute approximate surface area is 278 Å². The zero-order valence-corrected chi connectivity index (χ0v) is 27.9. The van der Waals surface area contributed by atoms with Crippen molar-refractivity contribution in [3.05, 3.63) is 70.8 Å². The van der Waals surface area contributed by atoms with Gasteiger partial charge in [0.1, 0.15) is 1.37 Å². The first-order valence-electron chi connectivity index (χ1n) is 15.9. The minimum absolute atomic E-state index is 0.102. The summed E-state index contributed by atoms with van der Waals surface area (Å²) in [5.41, 5.74) is 4.15. The van der Waals surface area contributed by atoms with Gasteiger partial charge in [-0.1, -0.05) is 76.2 Å². The number of carbonyl (C=O) groups excluding carboxylic acids is 5. The van der Waals surface area contributed by atoms with E-state index < -0.39 is 47.4 Å². The summed E-state index contributed by atoms with van der Waals surface area (Å²) in [5, 5.41) is 18.0. The lowest BCUT2D eigenvalue weighted by Crippen LogP contribution is -2.33. The van der Waals surface area contributed by atoms with Gasteiger partial charge in [0.15, 0.2) is 0 Å². The fraction of sp³-hybridized carbons (Fsp3) is 0.444. The van der Waals surface area contributed by atoms with Crippen molar-refractivity contribution in [1.82, 2.24) is 10.1 Å². The highest BCUT2D eigenvalue weighted by molar-refractivity contribution is 6.02. The third kappa shape index (κ3) is 13.2. The van der Waals surface area contributed by atoms with Gasteiger partial charge in [-0.15, -0.1) is 17.9 Å². The molecule has 11 nitrogen and oxygen atoms in total. The van der Waals surface area contributed by atoms with Crippen LogP contribution in [0.2, 0.25) is 0 Å². The first-order valence-corrected chi connectivity index (χ1v) is 15.4. The number of benzene rings is 2. The molecule has 0 spiro atoms. The quantitative estimate of drug-likeness (QED) is 0.204. The molecule has 4 amide bonds. The monoisotopic (exact) mass is 651 g/mol. The predicted octanol–water partition coefficient (Wildman–Crippen LogP) is 5.44. The van der Waals surface area contributed by atoms with Gasteiger partial charge in [-0.05, 0) is 60.8 Å². The van der Waals surface area contributed by atoms with E-state index in [1.807, 2.05) is 48.5 Å². The number of carbonyl (C=O) groups is 6. The summed E-state index contributed by atoms with van der Waals surface area (Å²) in [6.45, 7) is 12.1. The molecule has 2 atom stereocenters. The Morgan fingerprint density at radius 1 is 0.723 bits per heavy atom. The molecule has 0 saturated carbocycles. The van der Waals surface area contributed by atoms with Crippen molar-refractivity contribution in [2.45, 2.75) is 91.9 Å². The number of carboxylic acid groups (broad SMARTS) is 1. The maximum absolute atomic E-state index is 12.1. The fourth-order valence-electron chi connectivity index (χ4n) is 4.50. The highest BCUT2D eigenvalue weighted by Gasteiger charge is 2.34. The molecule has 4 rings (SSSR count). The number of hydroxylamine groups is 4. The molecule has 0 aliphatic carbocycles. The van der Waals surface area contributed by atoms with Crippen LogP contribution in [-0.4, -0.2) is 56.0 Å². The average Bonchev–Trinajstić information content (AvgIpc) is 3.51. The number of rotatable bonds is 9. The second-order valence-corrected chi connectivity index (χ2v) is 12.1. The molecule has 254 valence electrons. The van der Waals surface area contributed by atoms with E-state index in [4.69, 9.17) is 16.5 Å². The molecule has 2 N–H and O–H groups in total. The van der Waals surface area contributed by atoms with E-state index in [2.05, 4.69) is 34.1 Å². The van der Waals surface area contributed by atoms with E-state index >= 15 is 0 Å². The molecule has 2 unspecified atom stereocenters. The van der Waals surface area contributed by atoms with Crippen LogP contribution in [0.5, 0.6) is 0 Å². The van der Waals surface area contributed by atoms with Crippen molar-refractivity contribution in [3.8, 4) is 12.8 Å². The van der Waals surface area contributed by atoms with Crippen LogP contribution >= 0.6 is 0 Å². The van der Waals surface area contributed by atoms with Gasteiger partial charge >= 0.3 is 11.9 Å². The van der Waals surface area contributed by atoms with Crippen LogP contribution in [0.25, 0.3) is 0 Å².